The zero-order valence-electron chi connectivity index (χ0n) is 11.1. The van der Waals surface area contributed by atoms with E-state index in [1.807, 2.05) is 0 Å². The lowest BCUT2D eigenvalue weighted by atomic mass is 10.1. The van der Waals surface area contributed by atoms with Gasteiger partial charge in [0.15, 0.2) is 0 Å². The fraction of sp³-hybridized carbons (Fsp3) is 0.200. The number of anilines is 1. The first kappa shape index (κ1) is 15.0. The summed E-state index contributed by atoms with van der Waals surface area (Å²) in [5.41, 5.74) is -0.281. The van der Waals surface area contributed by atoms with E-state index >= 15 is 0 Å². The molecule has 6 heteroatoms. The second kappa shape index (κ2) is 5.55. The van der Waals surface area contributed by atoms with Crippen LogP contribution in [0.5, 0.6) is 11.5 Å². The molecule has 0 spiro atoms. The lowest BCUT2D eigenvalue weighted by Crippen LogP contribution is -2.09. The molecule has 0 aliphatic heterocycles. The summed E-state index contributed by atoms with van der Waals surface area (Å²) in [6.07, 6.45) is -4.42. The molecule has 0 fully saturated rings. The van der Waals surface area contributed by atoms with Crippen molar-refractivity contribution in [2.24, 2.45) is 0 Å². The van der Waals surface area contributed by atoms with Crippen LogP contribution in [0.2, 0.25) is 0 Å². The van der Waals surface area contributed by atoms with Gasteiger partial charge in [0, 0.05) is 5.69 Å². The largest absolute Gasteiger partial charge is 0.507 e. The maximum absolute atomic E-state index is 12.6. The molecule has 0 bridgehead atoms. The van der Waals surface area contributed by atoms with Crippen LogP contribution in [0, 0.1) is 0 Å². The molecular formula is C15H14F3NO2. The average Bonchev–Trinajstić information content (AvgIpc) is 2.37. The minimum atomic E-state index is -4.42. The Morgan fingerprint density at radius 1 is 1.00 bits per heavy atom. The summed E-state index contributed by atoms with van der Waals surface area (Å²) in [7, 11) is 0. The first-order valence-corrected chi connectivity index (χ1v) is 6.23. The number of hydrogen-bond donors (Lipinski definition) is 3. The third-order valence-corrected chi connectivity index (χ3v) is 3.07. The third kappa shape index (κ3) is 3.39. The topological polar surface area (TPSA) is 52.5 Å². The van der Waals surface area contributed by atoms with Crippen molar-refractivity contribution in [3.05, 3.63) is 53.6 Å². The van der Waals surface area contributed by atoms with E-state index in [2.05, 4.69) is 5.32 Å². The number of aromatic hydroxyl groups is 2. The van der Waals surface area contributed by atoms with Crippen LogP contribution in [0.25, 0.3) is 0 Å². The molecule has 3 N–H and O–H groups in total. The number of phenols is 2. The average molecular weight is 297 g/mol. The molecule has 2 aromatic carbocycles. The van der Waals surface area contributed by atoms with Crippen molar-refractivity contribution in [1.82, 2.24) is 0 Å². The van der Waals surface area contributed by atoms with Gasteiger partial charge in [-0.25, -0.2) is 0 Å². The second-order valence-corrected chi connectivity index (χ2v) is 4.65. The molecule has 0 saturated carbocycles. The van der Waals surface area contributed by atoms with E-state index in [0.29, 0.717) is 0 Å². The molecule has 3 nitrogen and oxygen atoms in total. The van der Waals surface area contributed by atoms with Crippen LogP contribution in [0.15, 0.2) is 42.5 Å². The molecule has 1 unspecified atom stereocenters. The fourth-order valence-corrected chi connectivity index (χ4v) is 2.09. The van der Waals surface area contributed by atoms with Gasteiger partial charge in [-0.2, -0.15) is 13.2 Å². The van der Waals surface area contributed by atoms with E-state index in [1.165, 1.54) is 30.3 Å². The van der Waals surface area contributed by atoms with E-state index in [4.69, 9.17) is 0 Å². The smallest absolute Gasteiger partial charge is 0.416 e. The van der Waals surface area contributed by atoms with E-state index in [-0.39, 0.29) is 22.7 Å². The minimum Gasteiger partial charge on any atom is -0.507 e. The highest BCUT2D eigenvalue weighted by atomic mass is 19.4. The van der Waals surface area contributed by atoms with Crippen molar-refractivity contribution in [2.75, 3.05) is 5.32 Å². The van der Waals surface area contributed by atoms with Crippen LogP contribution in [0.1, 0.15) is 24.1 Å². The number of benzene rings is 2. The summed E-state index contributed by atoms with van der Waals surface area (Å²) in [4.78, 5) is 0. The SMILES string of the molecule is CC(Nc1cccc(C(F)(F)F)c1)c1c(O)cccc1O. The van der Waals surface area contributed by atoms with Crippen molar-refractivity contribution in [1.29, 1.82) is 0 Å². The van der Waals surface area contributed by atoms with Crippen LogP contribution in [0.4, 0.5) is 18.9 Å². The van der Waals surface area contributed by atoms with Gasteiger partial charge in [-0.1, -0.05) is 12.1 Å². The maximum atomic E-state index is 12.6. The minimum absolute atomic E-state index is 0.123. The van der Waals surface area contributed by atoms with Gasteiger partial charge in [-0.05, 0) is 37.3 Å². The Balaban J connectivity index is 2.26. The van der Waals surface area contributed by atoms with Gasteiger partial charge >= 0.3 is 6.18 Å². The van der Waals surface area contributed by atoms with Crippen molar-refractivity contribution < 1.29 is 23.4 Å². The molecule has 21 heavy (non-hydrogen) atoms. The highest BCUT2D eigenvalue weighted by Crippen LogP contribution is 2.35. The Bertz CT molecular complexity index is 621. The van der Waals surface area contributed by atoms with E-state index in [1.54, 1.807) is 6.92 Å². The number of alkyl halides is 3. The van der Waals surface area contributed by atoms with Crippen LogP contribution < -0.4 is 5.32 Å². The standard InChI is InChI=1S/C15H14F3NO2/c1-9(14-12(20)6-3-7-13(14)21)19-11-5-2-4-10(8-11)15(16,17)18/h2-9,19-21H,1H3. The normalized spacial score (nSPS) is 13.0. The quantitative estimate of drug-likeness (QED) is 0.792. The highest BCUT2D eigenvalue weighted by Gasteiger charge is 2.30. The summed E-state index contributed by atoms with van der Waals surface area (Å²) >= 11 is 0. The molecule has 0 aliphatic rings. The van der Waals surface area contributed by atoms with E-state index in [9.17, 15) is 23.4 Å². The molecule has 1 atom stereocenters. The highest BCUT2D eigenvalue weighted by molar-refractivity contribution is 5.52. The summed E-state index contributed by atoms with van der Waals surface area (Å²) in [6, 6.07) is 8.46. The molecule has 0 aliphatic carbocycles. The summed E-state index contributed by atoms with van der Waals surface area (Å²) in [6.45, 7) is 1.63. The summed E-state index contributed by atoms with van der Waals surface area (Å²) < 4.78 is 37.9. The van der Waals surface area contributed by atoms with Crippen LogP contribution >= 0.6 is 0 Å². The number of rotatable bonds is 3. The predicted molar refractivity (Wildman–Crippen MR) is 73.3 cm³/mol. The maximum Gasteiger partial charge on any atom is 0.416 e. The van der Waals surface area contributed by atoms with Crippen molar-refractivity contribution in [3.63, 3.8) is 0 Å². The Hall–Kier alpha value is -2.37. The first-order valence-electron chi connectivity index (χ1n) is 6.23. The lowest BCUT2D eigenvalue weighted by Gasteiger charge is -2.19. The van der Waals surface area contributed by atoms with Crippen molar-refractivity contribution >= 4 is 5.69 Å². The van der Waals surface area contributed by atoms with Gasteiger partial charge < -0.3 is 15.5 Å². The number of nitrogens with one attached hydrogen (secondary N) is 1. The van der Waals surface area contributed by atoms with Crippen molar-refractivity contribution in [2.45, 2.75) is 19.1 Å². The Kier molecular flexibility index (Phi) is 3.97. The molecule has 2 rings (SSSR count). The molecule has 112 valence electrons. The van der Waals surface area contributed by atoms with Gasteiger partial charge in [0.2, 0.25) is 0 Å². The van der Waals surface area contributed by atoms with Crippen LogP contribution in [0.3, 0.4) is 0 Å². The Labute approximate surface area is 119 Å². The third-order valence-electron chi connectivity index (χ3n) is 3.07. The van der Waals surface area contributed by atoms with Gasteiger partial charge in [0.25, 0.3) is 0 Å². The zero-order valence-corrected chi connectivity index (χ0v) is 11.1. The molecule has 0 heterocycles. The van der Waals surface area contributed by atoms with Gasteiger partial charge in [-0.15, -0.1) is 0 Å². The molecule has 2 aromatic rings. The zero-order chi connectivity index (χ0) is 15.6. The van der Waals surface area contributed by atoms with Gasteiger partial charge in [0.05, 0.1) is 17.2 Å². The molecule has 0 saturated heterocycles. The predicted octanol–water partition coefficient (Wildman–Crippen LogP) is 4.29. The summed E-state index contributed by atoms with van der Waals surface area (Å²) in [5, 5.41) is 22.3. The Morgan fingerprint density at radius 2 is 1.57 bits per heavy atom. The number of phenolic OH excluding ortho intramolecular Hbond substituents is 2. The second-order valence-electron chi connectivity index (χ2n) is 4.65. The first-order chi connectivity index (χ1) is 9.79. The summed E-state index contributed by atoms with van der Waals surface area (Å²) in [5.74, 6) is -0.246. The van der Waals surface area contributed by atoms with Crippen molar-refractivity contribution in [3.8, 4) is 11.5 Å². The van der Waals surface area contributed by atoms with E-state index in [0.717, 1.165) is 12.1 Å². The van der Waals surface area contributed by atoms with Gasteiger partial charge in [0.1, 0.15) is 11.5 Å². The molecule has 0 amide bonds. The number of halogens is 3. The number of hydrogen-bond acceptors (Lipinski definition) is 3. The fourth-order valence-electron chi connectivity index (χ4n) is 2.09. The Morgan fingerprint density at radius 3 is 2.14 bits per heavy atom. The molecular weight excluding hydrogens is 283 g/mol. The molecule has 0 radical (unpaired) electrons. The lowest BCUT2D eigenvalue weighted by molar-refractivity contribution is -0.137. The van der Waals surface area contributed by atoms with E-state index < -0.39 is 17.8 Å². The molecule has 0 aromatic heterocycles. The van der Waals surface area contributed by atoms with Crippen LogP contribution in [-0.4, -0.2) is 10.2 Å². The van der Waals surface area contributed by atoms with Gasteiger partial charge in [-0.3, -0.25) is 0 Å². The van der Waals surface area contributed by atoms with Crippen LogP contribution in [-0.2, 0) is 6.18 Å². The monoisotopic (exact) mass is 297 g/mol.